The highest BCUT2D eigenvalue weighted by molar-refractivity contribution is 5.94. The Morgan fingerprint density at radius 3 is 2.38 bits per heavy atom. The molecular weight excluding hydrogens is 400 g/mol. The molecule has 0 spiro atoms. The van der Waals surface area contributed by atoms with E-state index in [1.54, 1.807) is 16.5 Å². The van der Waals surface area contributed by atoms with Crippen molar-refractivity contribution >= 4 is 17.6 Å². The van der Waals surface area contributed by atoms with E-state index in [4.69, 9.17) is 5.10 Å². The van der Waals surface area contributed by atoms with E-state index in [0.717, 1.165) is 22.5 Å². The number of nitrogens with one attached hydrogen (secondary N) is 1. The summed E-state index contributed by atoms with van der Waals surface area (Å²) in [7, 11) is 0. The molecule has 0 aliphatic rings. The fourth-order valence-corrected chi connectivity index (χ4v) is 3.41. The summed E-state index contributed by atoms with van der Waals surface area (Å²) in [5.74, 6) is 0.276. The second kappa shape index (κ2) is 9.81. The van der Waals surface area contributed by atoms with E-state index in [0.29, 0.717) is 18.8 Å². The molecule has 0 aliphatic heterocycles. The normalized spacial score (nSPS) is 11.3. The standard InChI is InChI=1S/C26H32N4O2/c1-6-25(32)29(17-20-12-8-7-9-13-20)18-24(31)27-23-16-22(26(3,4)5)28-30(23)21-14-10-11-19(2)15-21/h7-16H,6,17-18H2,1-5H3,(H,27,31). The third kappa shape index (κ3) is 5.84. The van der Waals surface area contributed by atoms with E-state index in [1.165, 1.54) is 0 Å². The summed E-state index contributed by atoms with van der Waals surface area (Å²) < 4.78 is 1.76. The van der Waals surface area contributed by atoms with Gasteiger partial charge < -0.3 is 10.2 Å². The van der Waals surface area contributed by atoms with Crippen LogP contribution in [0.25, 0.3) is 5.69 Å². The van der Waals surface area contributed by atoms with Crippen LogP contribution in [0.2, 0.25) is 0 Å². The Kier molecular flexibility index (Phi) is 7.13. The Hall–Kier alpha value is -3.41. The molecule has 6 heteroatoms. The van der Waals surface area contributed by atoms with Gasteiger partial charge in [0.05, 0.1) is 11.4 Å². The average molecular weight is 433 g/mol. The number of rotatable bonds is 7. The highest BCUT2D eigenvalue weighted by atomic mass is 16.2. The van der Waals surface area contributed by atoms with Gasteiger partial charge >= 0.3 is 0 Å². The maximum atomic E-state index is 13.0. The fourth-order valence-electron chi connectivity index (χ4n) is 3.41. The summed E-state index contributed by atoms with van der Waals surface area (Å²) in [5.41, 5.74) is 3.67. The molecule has 0 saturated carbocycles. The van der Waals surface area contributed by atoms with E-state index in [1.807, 2.05) is 67.6 Å². The maximum Gasteiger partial charge on any atom is 0.245 e. The van der Waals surface area contributed by atoms with Crippen LogP contribution < -0.4 is 5.32 Å². The molecule has 0 fully saturated rings. The Labute approximate surface area is 190 Å². The summed E-state index contributed by atoms with van der Waals surface area (Å²) in [4.78, 5) is 27.1. The summed E-state index contributed by atoms with van der Waals surface area (Å²) in [6, 6.07) is 19.6. The maximum absolute atomic E-state index is 13.0. The van der Waals surface area contributed by atoms with Crippen LogP contribution in [0.4, 0.5) is 5.82 Å². The van der Waals surface area contributed by atoms with Crippen LogP contribution in [0.5, 0.6) is 0 Å². The summed E-state index contributed by atoms with van der Waals surface area (Å²) in [5, 5.41) is 7.75. The number of benzene rings is 2. The number of hydrogen-bond acceptors (Lipinski definition) is 3. The highest BCUT2D eigenvalue weighted by Gasteiger charge is 2.23. The number of aryl methyl sites for hydroxylation is 1. The van der Waals surface area contributed by atoms with Crippen molar-refractivity contribution in [2.24, 2.45) is 0 Å². The molecule has 0 saturated heterocycles. The molecule has 6 nitrogen and oxygen atoms in total. The van der Waals surface area contributed by atoms with Gasteiger partial charge in [-0.15, -0.1) is 0 Å². The Balaban J connectivity index is 1.85. The number of anilines is 1. The van der Waals surface area contributed by atoms with Gasteiger partial charge in [0.2, 0.25) is 11.8 Å². The predicted octanol–water partition coefficient (Wildman–Crippen LogP) is 4.86. The number of nitrogens with zero attached hydrogens (tertiary/aromatic N) is 3. The molecule has 3 rings (SSSR count). The molecular formula is C26H32N4O2. The van der Waals surface area contributed by atoms with Crippen LogP contribution in [-0.4, -0.2) is 33.0 Å². The summed E-state index contributed by atoms with van der Waals surface area (Å²) in [6.45, 7) is 10.5. The van der Waals surface area contributed by atoms with Crippen LogP contribution >= 0.6 is 0 Å². The lowest BCUT2D eigenvalue weighted by Gasteiger charge is -2.22. The van der Waals surface area contributed by atoms with Crippen LogP contribution in [0.1, 0.15) is 50.9 Å². The molecule has 2 amide bonds. The monoisotopic (exact) mass is 432 g/mol. The van der Waals surface area contributed by atoms with Crippen molar-refractivity contribution in [3.63, 3.8) is 0 Å². The number of carbonyl (C=O) groups is 2. The molecule has 0 atom stereocenters. The average Bonchev–Trinajstić information content (AvgIpc) is 3.17. The quantitative estimate of drug-likeness (QED) is 0.580. The van der Waals surface area contributed by atoms with E-state index in [-0.39, 0.29) is 23.8 Å². The van der Waals surface area contributed by atoms with Crippen molar-refractivity contribution in [2.75, 3.05) is 11.9 Å². The van der Waals surface area contributed by atoms with Gasteiger partial charge in [-0.3, -0.25) is 9.59 Å². The number of carbonyl (C=O) groups excluding carboxylic acids is 2. The van der Waals surface area contributed by atoms with Gasteiger partial charge in [0.15, 0.2) is 0 Å². The lowest BCUT2D eigenvalue weighted by Crippen LogP contribution is -2.37. The minimum Gasteiger partial charge on any atom is -0.329 e. The second-order valence-electron chi connectivity index (χ2n) is 9.05. The number of aromatic nitrogens is 2. The Morgan fingerprint density at radius 1 is 1.03 bits per heavy atom. The van der Waals surface area contributed by atoms with Gasteiger partial charge in [0.25, 0.3) is 0 Å². The molecule has 3 aromatic rings. The van der Waals surface area contributed by atoms with E-state index in [9.17, 15) is 9.59 Å². The fraction of sp³-hybridized carbons (Fsp3) is 0.346. The molecule has 32 heavy (non-hydrogen) atoms. The Bertz CT molecular complexity index is 1080. The first-order valence-electron chi connectivity index (χ1n) is 11.0. The SMILES string of the molecule is CCC(=O)N(CC(=O)Nc1cc(C(C)(C)C)nn1-c1cccc(C)c1)Cc1ccccc1. The van der Waals surface area contributed by atoms with Crippen LogP contribution in [0.3, 0.4) is 0 Å². The van der Waals surface area contributed by atoms with E-state index < -0.39 is 0 Å². The van der Waals surface area contributed by atoms with Crippen molar-refractivity contribution in [3.05, 3.63) is 77.5 Å². The van der Waals surface area contributed by atoms with E-state index >= 15 is 0 Å². The van der Waals surface area contributed by atoms with Crippen molar-refractivity contribution in [3.8, 4) is 5.69 Å². The van der Waals surface area contributed by atoms with Crippen molar-refractivity contribution in [1.82, 2.24) is 14.7 Å². The molecule has 0 unspecified atom stereocenters. The third-order valence-electron chi connectivity index (χ3n) is 5.20. The largest absolute Gasteiger partial charge is 0.329 e. The molecule has 1 N–H and O–H groups in total. The van der Waals surface area contributed by atoms with Crippen molar-refractivity contribution < 1.29 is 9.59 Å². The lowest BCUT2D eigenvalue weighted by atomic mass is 9.92. The summed E-state index contributed by atoms with van der Waals surface area (Å²) >= 11 is 0. The van der Waals surface area contributed by atoms with Gasteiger partial charge in [-0.05, 0) is 30.2 Å². The molecule has 0 bridgehead atoms. The molecule has 0 aliphatic carbocycles. The Morgan fingerprint density at radius 2 is 1.75 bits per heavy atom. The van der Waals surface area contributed by atoms with Crippen LogP contribution in [0, 0.1) is 6.92 Å². The van der Waals surface area contributed by atoms with Crippen LogP contribution in [0.15, 0.2) is 60.7 Å². The smallest absolute Gasteiger partial charge is 0.245 e. The number of amides is 2. The van der Waals surface area contributed by atoms with Gasteiger partial charge in [-0.25, -0.2) is 4.68 Å². The molecule has 1 heterocycles. The van der Waals surface area contributed by atoms with Gasteiger partial charge in [-0.1, -0.05) is 70.2 Å². The zero-order chi connectivity index (χ0) is 23.3. The lowest BCUT2D eigenvalue weighted by molar-refractivity contribution is -0.135. The first-order chi connectivity index (χ1) is 15.2. The second-order valence-corrected chi connectivity index (χ2v) is 9.05. The minimum atomic E-state index is -0.253. The zero-order valence-electron chi connectivity index (χ0n) is 19.6. The molecule has 2 aromatic carbocycles. The summed E-state index contributed by atoms with van der Waals surface area (Å²) in [6.07, 6.45) is 0.343. The minimum absolute atomic E-state index is 0.0224. The first-order valence-corrected chi connectivity index (χ1v) is 11.0. The molecule has 1 aromatic heterocycles. The first kappa shape index (κ1) is 23.3. The molecule has 168 valence electrons. The predicted molar refractivity (Wildman–Crippen MR) is 128 cm³/mol. The number of hydrogen-bond donors (Lipinski definition) is 1. The van der Waals surface area contributed by atoms with Gasteiger partial charge in [0.1, 0.15) is 12.4 Å². The van der Waals surface area contributed by atoms with Crippen molar-refractivity contribution in [2.45, 2.75) is 53.0 Å². The van der Waals surface area contributed by atoms with Gasteiger partial charge in [-0.2, -0.15) is 5.10 Å². The topological polar surface area (TPSA) is 67.2 Å². The zero-order valence-corrected chi connectivity index (χ0v) is 19.6. The van der Waals surface area contributed by atoms with E-state index in [2.05, 4.69) is 26.1 Å². The van der Waals surface area contributed by atoms with Crippen LogP contribution in [-0.2, 0) is 21.5 Å². The van der Waals surface area contributed by atoms with Gasteiger partial charge in [0, 0.05) is 24.4 Å². The van der Waals surface area contributed by atoms with Crippen molar-refractivity contribution in [1.29, 1.82) is 0 Å². The third-order valence-corrected chi connectivity index (χ3v) is 5.20. The highest BCUT2D eigenvalue weighted by Crippen LogP contribution is 2.26. The molecule has 0 radical (unpaired) electrons.